The fraction of sp³-hybridized carbons (Fsp3) is 0.556. The Kier molecular flexibility index (Phi) is 3.45. The predicted molar refractivity (Wildman–Crippen MR) is 59.4 cm³/mol. The predicted octanol–water partition coefficient (Wildman–Crippen LogP) is 1.52. The zero-order valence-corrected chi connectivity index (χ0v) is 9.83. The number of H-pyrrole nitrogens is 1. The van der Waals surface area contributed by atoms with Gasteiger partial charge in [-0.2, -0.15) is 10.1 Å². The van der Waals surface area contributed by atoms with Gasteiger partial charge in [0.15, 0.2) is 10.6 Å². The van der Waals surface area contributed by atoms with E-state index in [4.69, 9.17) is 12.2 Å². The minimum atomic E-state index is 0.645. The van der Waals surface area contributed by atoms with Crippen molar-refractivity contribution in [3.05, 3.63) is 22.8 Å². The van der Waals surface area contributed by atoms with Crippen molar-refractivity contribution in [1.29, 1.82) is 0 Å². The molecule has 2 heterocycles. The monoisotopic (exact) mass is 239 g/mol. The van der Waals surface area contributed by atoms with Crippen LogP contribution in [0.3, 0.4) is 0 Å². The van der Waals surface area contributed by atoms with Crippen LogP contribution in [0.15, 0.2) is 10.9 Å². The van der Waals surface area contributed by atoms with Crippen LogP contribution in [0.1, 0.15) is 25.0 Å². The summed E-state index contributed by atoms with van der Waals surface area (Å²) >= 11 is 5.16. The largest absolute Gasteiger partial charge is 0.343 e. The molecule has 2 aromatic rings. The summed E-state index contributed by atoms with van der Waals surface area (Å²) in [5, 5.41) is 10.7. The van der Waals surface area contributed by atoms with E-state index in [9.17, 15) is 0 Å². The van der Waals surface area contributed by atoms with Gasteiger partial charge in [0.05, 0.1) is 0 Å². The third kappa shape index (κ3) is 2.35. The van der Waals surface area contributed by atoms with Crippen LogP contribution in [0, 0.1) is 4.77 Å². The summed E-state index contributed by atoms with van der Waals surface area (Å²) in [5.74, 6) is 1.67. The molecule has 2 aromatic heterocycles. The lowest BCUT2D eigenvalue weighted by atomic mass is 10.3. The molecule has 0 unspecified atom stereocenters. The number of aryl methyl sites for hydroxylation is 2. The van der Waals surface area contributed by atoms with E-state index in [-0.39, 0.29) is 0 Å². The highest BCUT2D eigenvalue weighted by Gasteiger charge is 2.06. The van der Waals surface area contributed by atoms with Gasteiger partial charge in [0.2, 0.25) is 6.39 Å². The Morgan fingerprint density at radius 2 is 2.38 bits per heavy atom. The molecular weight excluding hydrogens is 226 g/mol. The summed E-state index contributed by atoms with van der Waals surface area (Å²) < 4.78 is 7.30. The zero-order chi connectivity index (χ0) is 11.4. The SMILES string of the molecule is CCCc1n[nH]c(=S)n1CCc1ncon1. The number of aromatic nitrogens is 5. The van der Waals surface area contributed by atoms with E-state index >= 15 is 0 Å². The zero-order valence-electron chi connectivity index (χ0n) is 9.01. The summed E-state index contributed by atoms with van der Waals surface area (Å²) in [6, 6.07) is 0. The molecular formula is C9H13N5OS. The molecule has 0 fully saturated rings. The van der Waals surface area contributed by atoms with Gasteiger partial charge in [-0.25, -0.2) is 0 Å². The van der Waals surface area contributed by atoms with Crippen LogP contribution >= 0.6 is 12.2 Å². The molecule has 0 aliphatic heterocycles. The van der Waals surface area contributed by atoms with Crippen LogP contribution in [0.5, 0.6) is 0 Å². The highest BCUT2D eigenvalue weighted by Crippen LogP contribution is 2.03. The van der Waals surface area contributed by atoms with Gasteiger partial charge in [-0.1, -0.05) is 12.1 Å². The van der Waals surface area contributed by atoms with E-state index in [2.05, 4.69) is 31.8 Å². The summed E-state index contributed by atoms with van der Waals surface area (Å²) in [4.78, 5) is 3.97. The van der Waals surface area contributed by atoms with Gasteiger partial charge >= 0.3 is 0 Å². The Morgan fingerprint density at radius 1 is 1.50 bits per heavy atom. The summed E-state index contributed by atoms with van der Waals surface area (Å²) in [6.07, 6.45) is 3.99. The Labute approximate surface area is 97.7 Å². The van der Waals surface area contributed by atoms with E-state index in [1.54, 1.807) is 0 Å². The Hall–Kier alpha value is -1.50. The maximum Gasteiger partial charge on any atom is 0.213 e. The van der Waals surface area contributed by atoms with Crippen molar-refractivity contribution < 1.29 is 4.52 Å². The van der Waals surface area contributed by atoms with E-state index in [0.29, 0.717) is 17.0 Å². The number of aromatic amines is 1. The van der Waals surface area contributed by atoms with E-state index in [0.717, 1.165) is 25.2 Å². The molecule has 0 atom stereocenters. The van der Waals surface area contributed by atoms with Gasteiger partial charge in [-0.3, -0.25) is 5.10 Å². The first kappa shape index (κ1) is 11.0. The number of hydrogen-bond acceptors (Lipinski definition) is 5. The van der Waals surface area contributed by atoms with Crippen molar-refractivity contribution in [2.24, 2.45) is 0 Å². The van der Waals surface area contributed by atoms with Gasteiger partial charge in [-0.05, 0) is 18.6 Å². The summed E-state index contributed by atoms with van der Waals surface area (Å²) in [5.41, 5.74) is 0. The molecule has 0 amide bonds. The molecule has 0 bridgehead atoms. The topological polar surface area (TPSA) is 72.5 Å². The fourth-order valence-electron chi connectivity index (χ4n) is 1.51. The van der Waals surface area contributed by atoms with Crippen molar-refractivity contribution in [1.82, 2.24) is 24.9 Å². The first-order valence-electron chi connectivity index (χ1n) is 5.20. The fourth-order valence-corrected chi connectivity index (χ4v) is 1.75. The maximum absolute atomic E-state index is 5.16. The van der Waals surface area contributed by atoms with Crippen LogP contribution in [0.4, 0.5) is 0 Å². The first-order valence-corrected chi connectivity index (χ1v) is 5.61. The minimum absolute atomic E-state index is 0.645. The summed E-state index contributed by atoms with van der Waals surface area (Å²) in [6.45, 7) is 2.84. The Bertz CT molecular complexity index is 486. The van der Waals surface area contributed by atoms with Crippen molar-refractivity contribution in [3.8, 4) is 0 Å². The van der Waals surface area contributed by atoms with Gasteiger partial charge in [0.1, 0.15) is 5.82 Å². The van der Waals surface area contributed by atoms with Crippen LogP contribution in [-0.4, -0.2) is 24.9 Å². The molecule has 6 nitrogen and oxygen atoms in total. The molecule has 86 valence electrons. The van der Waals surface area contributed by atoms with Crippen LogP contribution in [0.25, 0.3) is 0 Å². The molecule has 0 aliphatic rings. The molecule has 0 radical (unpaired) electrons. The molecule has 0 saturated carbocycles. The molecule has 16 heavy (non-hydrogen) atoms. The molecule has 0 aliphatic carbocycles. The molecule has 2 rings (SSSR count). The van der Waals surface area contributed by atoms with Gasteiger partial charge in [0, 0.05) is 19.4 Å². The van der Waals surface area contributed by atoms with Crippen molar-refractivity contribution >= 4 is 12.2 Å². The lowest BCUT2D eigenvalue weighted by Crippen LogP contribution is -2.07. The molecule has 7 heteroatoms. The third-order valence-electron chi connectivity index (χ3n) is 2.28. The second-order valence-corrected chi connectivity index (χ2v) is 3.83. The molecule has 0 aromatic carbocycles. The van der Waals surface area contributed by atoms with E-state index in [1.807, 2.05) is 4.57 Å². The summed E-state index contributed by atoms with van der Waals surface area (Å²) in [7, 11) is 0. The average Bonchev–Trinajstić information content (AvgIpc) is 2.88. The smallest absolute Gasteiger partial charge is 0.213 e. The second kappa shape index (κ2) is 5.02. The number of hydrogen-bond donors (Lipinski definition) is 1. The van der Waals surface area contributed by atoms with Crippen molar-refractivity contribution in [2.75, 3.05) is 0 Å². The molecule has 0 saturated heterocycles. The lowest BCUT2D eigenvalue weighted by Gasteiger charge is -2.03. The number of nitrogens with zero attached hydrogens (tertiary/aromatic N) is 4. The van der Waals surface area contributed by atoms with Gasteiger partial charge in [0.25, 0.3) is 0 Å². The average molecular weight is 239 g/mol. The minimum Gasteiger partial charge on any atom is -0.343 e. The van der Waals surface area contributed by atoms with Crippen LogP contribution in [-0.2, 0) is 19.4 Å². The first-order chi connectivity index (χ1) is 7.81. The molecule has 0 spiro atoms. The number of rotatable bonds is 5. The normalized spacial score (nSPS) is 10.8. The standard InChI is InChI=1S/C9H13N5OS/c1-2-3-8-11-12-9(16)14(8)5-4-7-10-6-15-13-7/h6H,2-5H2,1H3,(H,12,16). The highest BCUT2D eigenvalue weighted by molar-refractivity contribution is 7.71. The lowest BCUT2D eigenvalue weighted by molar-refractivity contribution is 0.408. The van der Waals surface area contributed by atoms with Gasteiger partial charge < -0.3 is 9.09 Å². The third-order valence-corrected chi connectivity index (χ3v) is 2.59. The number of nitrogens with one attached hydrogen (secondary N) is 1. The van der Waals surface area contributed by atoms with Crippen LogP contribution < -0.4 is 0 Å². The van der Waals surface area contributed by atoms with Crippen molar-refractivity contribution in [3.63, 3.8) is 0 Å². The Balaban J connectivity index is 2.08. The molecule has 1 N–H and O–H groups in total. The quantitative estimate of drug-likeness (QED) is 0.801. The maximum atomic E-state index is 5.16. The van der Waals surface area contributed by atoms with Gasteiger partial charge in [-0.15, -0.1) is 0 Å². The van der Waals surface area contributed by atoms with Crippen LogP contribution in [0.2, 0.25) is 0 Å². The highest BCUT2D eigenvalue weighted by atomic mass is 32.1. The Morgan fingerprint density at radius 3 is 3.06 bits per heavy atom. The van der Waals surface area contributed by atoms with Crippen molar-refractivity contribution in [2.45, 2.75) is 32.7 Å². The van der Waals surface area contributed by atoms with E-state index < -0.39 is 0 Å². The second-order valence-electron chi connectivity index (χ2n) is 3.44. The van der Waals surface area contributed by atoms with E-state index in [1.165, 1.54) is 6.39 Å².